The van der Waals surface area contributed by atoms with E-state index in [0.717, 1.165) is 19.3 Å². The zero-order chi connectivity index (χ0) is 14.9. The van der Waals surface area contributed by atoms with Gasteiger partial charge >= 0.3 is 6.03 Å². The van der Waals surface area contributed by atoms with Crippen molar-refractivity contribution in [1.29, 1.82) is 0 Å². The third-order valence-electron chi connectivity index (χ3n) is 4.37. The van der Waals surface area contributed by atoms with Crippen LogP contribution < -0.4 is 10.6 Å². The number of nitrogens with zero attached hydrogens (tertiary/aromatic N) is 1. The number of nitrogens with one attached hydrogen (secondary N) is 2. The van der Waals surface area contributed by atoms with Gasteiger partial charge in [0.25, 0.3) is 5.91 Å². The molecule has 20 heavy (non-hydrogen) atoms. The molecule has 0 aromatic heterocycles. The smallest absolute Gasteiger partial charge is 0.322 e. The van der Waals surface area contributed by atoms with E-state index < -0.39 is 18.0 Å². The fraction of sp³-hybridized carbons (Fsp3) is 0.786. The molecule has 3 atom stereocenters. The molecule has 2 rings (SSSR count). The molecule has 4 amide bonds. The van der Waals surface area contributed by atoms with Gasteiger partial charge in [0.1, 0.15) is 6.04 Å². The van der Waals surface area contributed by atoms with Crippen molar-refractivity contribution in [2.24, 2.45) is 5.92 Å². The largest absolute Gasteiger partial charge is 0.337 e. The number of carbonyl (C=O) groups excluding carboxylic acids is 3. The molecule has 1 saturated heterocycles. The van der Waals surface area contributed by atoms with Crippen LogP contribution in [0.3, 0.4) is 0 Å². The molecule has 2 fully saturated rings. The summed E-state index contributed by atoms with van der Waals surface area (Å²) in [6, 6.07) is -0.757. The topological polar surface area (TPSA) is 78.5 Å². The number of hydrogen-bond donors (Lipinski definition) is 2. The summed E-state index contributed by atoms with van der Waals surface area (Å²) < 4.78 is 0. The van der Waals surface area contributed by atoms with Gasteiger partial charge in [-0.2, -0.15) is 0 Å². The van der Waals surface area contributed by atoms with Crippen molar-refractivity contribution in [3.63, 3.8) is 0 Å². The van der Waals surface area contributed by atoms with Crippen LogP contribution in [-0.4, -0.2) is 40.9 Å². The Kier molecular flexibility index (Phi) is 4.30. The van der Waals surface area contributed by atoms with Crippen LogP contribution in [0.4, 0.5) is 4.79 Å². The monoisotopic (exact) mass is 281 g/mol. The van der Waals surface area contributed by atoms with E-state index in [0.29, 0.717) is 12.0 Å². The van der Waals surface area contributed by atoms with Gasteiger partial charge in [0.15, 0.2) is 0 Å². The molecule has 112 valence electrons. The van der Waals surface area contributed by atoms with Gasteiger partial charge in [-0.3, -0.25) is 14.9 Å². The van der Waals surface area contributed by atoms with Crippen molar-refractivity contribution in [1.82, 2.24) is 15.5 Å². The van der Waals surface area contributed by atoms with Crippen LogP contribution in [0.15, 0.2) is 0 Å². The van der Waals surface area contributed by atoms with Crippen molar-refractivity contribution in [2.45, 2.75) is 64.6 Å². The molecule has 2 N–H and O–H groups in total. The minimum absolute atomic E-state index is 0.0392. The molecule has 0 radical (unpaired) electrons. The van der Waals surface area contributed by atoms with Gasteiger partial charge in [-0.05, 0) is 25.7 Å². The van der Waals surface area contributed by atoms with Gasteiger partial charge in [-0.25, -0.2) is 4.79 Å². The van der Waals surface area contributed by atoms with E-state index >= 15 is 0 Å². The van der Waals surface area contributed by atoms with Gasteiger partial charge in [-0.1, -0.05) is 20.3 Å². The average molecular weight is 281 g/mol. The maximum absolute atomic E-state index is 12.5. The number of hydrogen-bond acceptors (Lipinski definition) is 3. The summed E-state index contributed by atoms with van der Waals surface area (Å²) in [6.07, 6.45) is 3.14. The Balaban J connectivity index is 2.00. The van der Waals surface area contributed by atoms with Crippen molar-refractivity contribution in [3.05, 3.63) is 0 Å². The van der Waals surface area contributed by atoms with E-state index in [-0.39, 0.29) is 18.4 Å². The van der Waals surface area contributed by atoms with Crippen LogP contribution in [0.25, 0.3) is 0 Å². The van der Waals surface area contributed by atoms with Gasteiger partial charge < -0.3 is 10.2 Å². The Morgan fingerprint density at radius 1 is 1.35 bits per heavy atom. The molecule has 2 aliphatic rings. The van der Waals surface area contributed by atoms with Crippen LogP contribution in [0, 0.1) is 5.92 Å². The summed E-state index contributed by atoms with van der Waals surface area (Å²) >= 11 is 0. The van der Waals surface area contributed by atoms with E-state index in [1.165, 1.54) is 0 Å². The molecule has 0 aromatic carbocycles. The van der Waals surface area contributed by atoms with E-state index in [1.54, 1.807) is 0 Å². The summed E-state index contributed by atoms with van der Waals surface area (Å²) in [4.78, 5) is 37.0. The van der Waals surface area contributed by atoms with Crippen LogP contribution in [0.2, 0.25) is 0 Å². The van der Waals surface area contributed by atoms with Crippen LogP contribution in [0.5, 0.6) is 0 Å². The molecular formula is C14H23N3O3. The van der Waals surface area contributed by atoms with E-state index in [2.05, 4.69) is 31.4 Å². The third-order valence-corrected chi connectivity index (χ3v) is 4.37. The second-order valence-corrected chi connectivity index (χ2v) is 5.88. The molecule has 6 nitrogen and oxygen atoms in total. The summed E-state index contributed by atoms with van der Waals surface area (Å²) in [5.74, 6) is -0.0236. The van der Waals surface area contributed by atoms with Crippen LogP contribution in [0.1, 0.15) is 46.5 Å². The van der Waals surface area contributed by atoms with E-state index in [4.69, 9.17) is 0 Å². The molecule has 2 unspecified atom stereocenters. The summed E-state index contributed by atoms with van der Waals surface area (Å²) in [7, 11) is 0. The summed E-state index contributed by atoms with van der Waals surface area (Å²) in [6.45, 7) is 6.32. The minimum Gasteiger partial charge on any atom is -0.337 e. The van der Waals surface area contributed by atoms with Gasteiger partial charge in [-0.15, -0.1) is 0 Å². The molecule has 0 spiro atoms. The number of rotatable bonds is 6. The maximum atomic E-state index is 12.5. The number of carbonyl (C=O) groups is 3. The first-order chi connectivity index (χ1) is 9.43. The quantitative estimate of drug-likeness (QED) is 0.713. The van der Waals surface area contributed by atoms with Crippen LogP contribution in [-0.2, 0) is 9.59 Å². The molecular weight excluding hydrogens is 258 g/mol. The first kappa shape index (κ1) is 14.8. The zero-order valence-corrected chi connectivity index (χ0v) is 12.3. The second kappa shape index (κ2) is 5.81. The Hall–Kier alpha value is -1.59. The van der Waals surface area contributed by atoms with Gasteiger partial charge in [0.05, 0.1) is 6.42 Å². The Morgan fingerprint density at radius 3 is 2.45 bits per heavy atom. The zero-order valence-electron chi connectivity index (χ0n) is 12.3. The van der Waals surface area contributed by atoms with E-state index in [1.807, 2.05) is 4.90 Å². The average Bonchev–Trinajstić information content (AvgIpc) is 3.16. The Labute approximate surface area is 119 Å². The van der Waals surface area contributed by atoms with Crippen molar-refractivity contribution in [2.75, 3.05) is 0 Å². The predicted octanol–water partition coefficient (Wildman–Crippen LogP) is 1.01. The predicted molar refractivity (Wildman–Crippen MR) is 73.9 cm³/mol. The highest BCUT2D eigenvalue weighted by Gasteiger charge is 2.40. The third kappa shape index (κ3) is 3.11. The van der Waals surface area contributed by atoms with E-state index in [9.17, 15) is 14.4 Å². The number of amides is 4. The second-order valence-electron chi connectivity index (χ2n) is 5.88. The number of imide groups is 1. The first-order valence-corrected chi connectivity index (χ1v) is 7.36. The maximum Gasteiger partial charge on any atom is 0.322 e. The molecule has 1 heterocycles. The SMILES string of the molecule is CCC(C)C(C)N(C(=O)C[C@@H]1NC(=O)NC1=O)C1CC1. The lowest BCUT2D eigenvalue weighted by Gasteiger charge is -2.33. The molecule has 6 heteroatoms. The van der Waals surface area contributed by atoms with Crippen molar-refractivity contribution >= 4 is 17.8 Å². The standard InChI is InChI=1S/C14H23N3O3/c1-4-8(2)9(3)17(10-5-6-10)12(18)7-11-13(19)16-14(20)15-11/h8-11H,4-7H2,1-3H3,(H2,15,16,19,20)/t8?,9?,11-/m0/s1. The summed E-state index contributed by atoms with van der Waals surface area (Å²) in [5.41, 5.74) is 0. The lowest BCUT2D eigenvalue weighted by Crippen LogP contribution is -2.46. The van der Waals surface area contributed by atoms with Crippen molar-refractivity contribution < 1.29 is 14.4 Å². The highest BCUT2D eigenvalue weighted by Crippen LogP contribution is 2.32. The Morgan fingerprint density at radius 2 is 2.00 bits per heavy atom. The lowest BCUT2D eigenvalue weighted by atomic mass is 9.98. The summed E-state index contributed by atoms with van der Waals surface area (Å²) in [5, 5.41) is 4.64. The van der Waals surface area contributed by atoms with Gasteiger partial charge in [0.2, 0.25) is 5.91 Å². The highest BCUT2D eigenvalue weighted by molar-refractivity contribution is 6.05. The molecule has 1 saturated carbocycles. The minimum atomic E-state index is -0.722. The Bertz CT molecular complexity index is 420. The first-order valence-electron chi connectivity index (χ1n) is 7.36. The molecule has 1 aliphatic heterocycles. The van der Waals surface area contributed by atoms with Crippen molar-refractivity contribution in [3.8, 4) is 0 Å². The van der Waals surface area contributed by atoms with Crippen LogP contribution >= 0.6 is 0 Å². The highest BCUT2D eigenvalue weighted by atomic mass is 16.2. The normalized spacial score (nSPS) is 24.9. The fourth-order valence-corrected chi connectivity index (χ4v) is 2.61. The fourth-order valence-electron chi connectivity index (χ4n) is 2.61. The molecule has 1 aliphatic carbocycles. The molecule has 0 aromatic rings. The van der Waals surface area contributed by atoms with Gasteiger partial charge in [0, 0.05) is 12.1 Å². The molecule has 0 bridgehead atoms. The number of urea groups is 1. The lowest BCUT2D eigenvalue weighted by molar-refractivity contribution is -0.137.